The molecule has 0 radical (unpaired) electrons. The number of carbonyl (C=O) groups is 1. The highest BCUT2D eigenvalue weighted by atomic mass is 19.1. The van der Waals surface area contributed by atoms with Gasteiger partial charge in [-0.05, 0) is 25.1 Å². The van der Waals surface area contributed by atoms with Crippen molar-refractivity contribution >= 4 is 34.0 Å². The second-order valence-corrected chi connectivity index (χ2v) is 7.44. The van der Waals surface area contributed by atoms with E-state index in [1.54, 1.807) is 10.6 Å². The number of rotatable bonds is 4. The van der Waals surface area contributed by atoms with Crippen LogP contribution in [0.25, 0.3) is 16.4 Å². The number of benzene rings is 1. The molecule has 1 fully saturated rings. The van der Waals surface area contributed by atoms with E-state index >= 15 is 0 Å². The van der Waals surface area contributed by atoms with Crippen LogP contribution in [0.3, 0.4) is 0 Å². The Balaban J connectivity index is 1.62. The minimum atomic E-state index is -0.699. The molecule has 0 bridgehead atoms. The number of nitrogens with zero attached hydrogens (tertiary/aromatic N) is 5. The van der Waals surface area contributed by atoms with Crippen LogP contribution in [0.4, 0.5) is 20.4 Å². The molecule has 31 heavy (non-hydrogen) atoms. The number of aromatic nitrogens is 4. The number of amides is 1. The van der Waals surface area contributed by atoms with Gasteiger partial charge in [0.05, 0.1) is 18.1 Å². The summed E-state index contributed by atoms with van der Waals surface area (Å²) >= 11 is 0. The SMILES string of the molecule is C[C@H](Nc1ncnn2cccc12)c1cc2c(F)cc(F)cc2nc1N1CCNC(=O)C1. The molecule has 1 saturated heterocycles. The molecule has 4 heterocycles. The van der Waals surface area contributed by atoms with E-state index in [4.69, 9.17) is 0 Å². The lowest BCUT2D eigenvalue weighted by atomic mass is 10.0. The lowest BCUT2D eigenvalue weighted by Gasteiger charge is -2.31. The molecule has 8 nitrogen and oxygen atoms in total. The fourth-order valence-electron chi connectivity index (χ4n) is 3.86. The van der Waals surface area contributed by atoms with Crippen molar-refractivity contribution in [2.24, 2.45) is 0 Å². The van der Waals surface area contributed by atoms with Gasteiger partial charge in [0.2, 0.25) is 5.91 Å². The van der Waals surface area contributed by atoms with Gasteiger partial charge in [-0.25, -0.2) is 23.3 Å². The smallest absolute Gasteiger partial charge is 0.239 e. The third kappa shape index (κ3) is 3.49. The third-order valence-corrected chi connectivity index (χ3v) is 5.35. The highest BCUT2D eigenvalue weighted by Gasteiger charge is 2.24. The van der Waals surface area contributed by atoms with Gasteiger partial charge in [-0.3, -0.25) is 4.79 Å². The monoisotopic (exact) mass is 423 g/mol. The van der Waals surface area contributed by atoms with Crippen LogP contribution < -0.4 is 15.5 Å². The number of hydrogen-bond donors (Lipinski definition) is 2. The molecule has 4 aromatic rings. The molecule has 5 rings (SSSR count). The van der Waals surface area contributed by atoms with Crippen molar-refractivity contribution in [1.82, 2.24) is 24.9 Å². The largest absolute Gasteiger partial charge is 0.362 e. The highest BCUT2D eigenvalue weighted by molar-refractivity contribution is 5.86. The van der Waals surface area contributed by atoms with Crippen LogP contribution >= 0.6 is 0 Å². The first-order valence-corrected chi connectivity index (χ1v) is 9.86. The molecule has 3 aromatic heterocycles. The molecular formula is C21H19F2N7O. The number of pyridine rings is 1. The van der Waals surface area contributed by atoms with Crippen LogP contribution in [-0.2, 0) is 4.79 Å². The minimum absolute atomic E-state index is 0.118. The van der Waals surface area contributed by atoms with Crippen LogP contribution in [0.5, 0.6) is 0 Å². The minimum Gasteiger partial charge on any atom is -0.362 e. The molecule has 0 spiro atoms. The van der Waals surface area contributed by atoms with E-state index in [0.29, 0.717) is 30.3 Å². The average Bonchev–Trinajstić information content (AvgIpc) is 3.23. The number of halogens is 2. The normalized spacial score (nSPS) is 15.3. The Hall–Kier alpha value is -3.82. The third-order valence-electron chi connectivity index (χ3n) is 5.35. The Kier molecular flexibility index (Phi) is 4.61. The second kappa shape index (κ2) is 7.46. The van der Waals surface area contributed by atoms with E-state index in [-0.39, 0.29) is 29.4 Å². The molecule has 1 aromatic carbocycles. The lowest BCUT2D eigenvalue weighted by molar-refractivity contribution is -0.120. The Morgan fingerprint density at radius 1 is 1.26 bits per heavy atom. The molecule has 158 valence electrons. The lowest BCUT2D eigenvalue weighted by Crippen LogP contribution is -2.48. The Labute approximate surface area is 175 Å². The second-order valence-electron chi connectivity index (χ2n) is 7.44. The Morgan fingerprint density at radius 3 is 2.97 bits per heavy atom. The van der Waals surface area contributed by atoms with Crippen molar-refractivity contribution in [3.63, 3.8) is 0 Å². The number of anilines is 2. The van der Waals surface area contributed by atoms with E-state index in [0.717, 1.165) is 11.6 Å². The molecule has 1 atom stereocenters. The van der Waals surface area contributed by atoms with Gasteiger partial charge in [-0.15, -0.1) is 0 Å². The number of fused-ring (bicyclic) bond motifs is 2. The molecule has 0 saturated carbocycles. The first-order valence-electron chi connectivity index (χ1n) is 9.86. The van der Waals surface area contributed by atoms with Crippen molar-refractivity contribution in [2.75, 3.05) is 29.9 Å². The molecule has 0 aliphatic carbocycles. The summed E-state index contributed by atoms with van der Waals surface area (Å²) in [7, 11) is 0. The standard InChI is InChI=1S/C21H19F2N7O/c1-12(27-20-18-3-2-5-30(18)26-11-25-20)14-9-15-16(23)7-13(22)8-17(15)28-21(14)29-6-4-24-19(31)10-29/h2-3,5,7-9,11-12H,4,6,10H2,1H3,(H,24,31)(H,25,26,27)/t12-/m0/s1. The van der Waals surface area contributed by atoms with Crippen molar-refractivity contribution in [3.8, 4) is 0 Å². The van der Waals surface area contributed by atoms with Crippen LogP contribution in [0.1, 0.15) is 18.5 Å². The molecule has 10 heteroatoms. The molecule has 1 aliphatic heterocycles. The first kappa shape index (κ1) is 19.2. The van der Waals surface area contributed by atoms with Crippen molar-refractivity contribution in [1.29, 1.82) is 0 Å². The summed E-state index contributed by atoms with van der Waals surface area (Å²) in [5.74, 6) is -0.400. The number of hydrogen-bond acceptors (Lipinski definition) is 6. The fraction of sp³-hybridized carbons (Fsp3) is 0.238. The molecular weight excluding hydrogens is 404 g/mol. The zero-order chi connectivity index (χ0) is 21.5. The quantitative estimate of drug-likeness (QED) is 0.525. The van der Waals surface area contributed by atoms with Gasteiger partial charge in [0.25, 0.3) is 0 Å². The Bertz CT molecular complexity index is 1310. The first-order chi connectivity index (χ1) is 15.0. The van der Waals surface area contributed by atoms with Gasteiger partial charge in [0.1, 0.15) is 29.3 Å². The number of carbonyl (C=O) groups excluding carboxylic acids is 1. The number of piperazine rings is 1. The zero-order valence-electron chi connectivity index (χ0n) is 16.6. The predicted molar refractivity (Wildman–Crippen MR) is 112 cm³/mol. The maximum Gasteiger partial charge on any atom is 0.239 e. The van der Waals surface area contributed by atoms with Crippen LogP contribution in [-0.4, -0.2) is 45.1 Å². The van der Waals surface area contributed by atoms with Gasteiger partial charge in [-0.2, -0.15) is 5.10 Å². The van der Waals surface area contributed by atoms with Crippen LogP contribution in [0.15, 0.2) is 42.9 Å². The summed E-state index contributed by atoms with van der Waals surface area (Å²) < 4.78 is 30.0. The number of nitrogens with one attached hydrogen (secondary N) is 2. The van der Waals surface area contributed by atoms with Crippen LogP contribution in [0, 0.1) is 11.6 Å². The van der Waals surface area contributed by atoms with Gasteiger partial charge in [0.15, 0.2) is 5.82 Å². The van der Waals surface area contributed by atoms with Crippen molar-refractivity contribution < 1.29 is 13.6 Å². The summed E-state index contributed by atoms with van der Waals surface area (Å²) in [5.41, 5.74) is 1.66. The van der Waals surface area contributed by atoms with Gasteiger partial charge in [0, 0.05) is 42.4 Å². The summed E-state index contributed by atoms with van der Waals surface area (Å²) in [6.07, 6.45) is 3.26. The Morgan fingerprint density at radius 2 is 2.13 bits per heavy atom. The molecule has 1 aliphatic rings. The van der Waals surface area contributed by atoms with Gasteiger partial charge < -0.3 is 15.5 Å². The maximum atomic E-state index is 14.5. The van der Waals surface area contributed by atoms with E-state index < -0.39 is 11.6 Å². The topological polar surface area (TPSA) is 87.4 Å². The fourth-order valence-corrected chi connectivity index (χ4v) is 3.86. The summed E-state index contributed by atoms with van der Waals surface area (Å²) in [5, 5.41) is 10.5. The van der Waals surface area contributed by atoms with Crippen LogP contribution in [0.2, 0.25) is 0 Å². The highest BCUT2D eigenvalue weighted by Crippen LogP contribution is 2.32. The summed E-state index contributed by atoms with van der Waals surface area (Å²) in [6.45, 7) is 3.03. The molecule has 1 amide bonds. The van der Waals surface area contributed by atoms with Crippen molar-refractivity contribution in [2.45, 2.75) is 13.0 Å². The van der Waals surface area contributed by atoms with Crippen molar-refractivity contribution in [3.05, 3.63) is 60.1 Å². The van der Waals surface area contributed by atoms with E-state index in [1.165, 1.54) is 12.4 Å². The summed E-state index contributed by atoms with van der Waals surface area (Å²) in [6, 6.07) is 7.10. The van der Waals surface area contributed by atoms with E-state index in [2.05, 4.69) is 25.7 Å². The summed E-state index contributed by atoms with van der Waals surface area (Å²) in [4.78, 5) is 22.7. The zero-order valence-corrected chi connectivity index (χ0v) is 16.6. The maximum absolute atomic E-state index is 14.5. The average molecular weight is 423 g/mol. The molecule has 0 unspecified atom stereocenters. The van der Waals surface area contributed by atoms with Gasteiger partial charge >= 0.3 is 0 Å². The van der Waals surface area contributed by atoms with E-state index in [1.807, 2.05) is 30.2 Å². The predicted octanol–water partition coefficient (Wildman–Crippen LogP) is 2.67. The molecule has 2 N–H and O–H groups in total. The van der Waals surface area contributed by atoms with Gasteiger partial charge in [-0.1, -0.05) is 0 Å². The van der Waals surface area contributed by atoms with E-state index in [9.17, 15) is 13.6 Å².